The van der Waals surface area contributed by atoms with Crippen molar-refractivity contribution in [3.8, 4) is 5.88 Å². The molecular formula is C15H24N4O. The van der Waals surface area contributed by atoms with Crippen LogP contribution in [0.1, 0.15) is 39.5 Å². The van der Waals surface area contributed by atoms with Gasteiger partial charge in [0.05, 0.1) is 6.10 Å². The Kier molecular flexibility index (Phi) is 4.05. The van der Waals surface area contributed by atoms with Gasteiger partial charge in [0.25, 0.3) is 0 Å². The number of ether oxygens (including phenoxy) is 1. The lowest BCUT2D eigenvalue weighted by atomic mass is 10.0. The minimum Gasteiger partial charge on any atom is -0.475 e. The third kappa shape index (κ3) is 2.87. The van der Waals surface area contributed by atoms with Gasteiger partial charge in [0.1, 0.15) is 0 Å². The number of anilines is 1. The zero-order valence-electron chi connectivity index (χ0n) is 12.4. The zero-order chi connectivity index (χ0) is 13.9. The van der Waals surface area contributed by atoms with Crippen molar-refractivity contribution in [1.82, 2.24) is 15.3 Å². The summed E-state index contributed by atoms with van der Waals surface area (Å²) in [6.45, 7) is 6.23. The van der Waals surface area contributed by atoms with Gasteiger partial charge in [-0.3, -0.25) is 0 Å². The molecule has 0 amide bonds. The number of nitrogens with zero attached hydrogens (tertiary/aromatic N) is 3. The monoisotopic (exact) mass is 276 g/mol. The molecule has 2 saturated heterocycles. The predicted molar refractivity (Wildman–Crippen MR) is 79.2 cm³/mol. The van der Waals surface area contributed by atoms with E-state index in [0.717, 1.165) is 19.0 Å². The van der Waals surface area contributed by atoms with Crippen LogP contribution in [0.5, 0.6) is 5.88 Å². The Labute approximate surface area is 120 Å². The first-order chi connectivity index (χ1) is 9.74. The lowest BCUT2D eigenvalue weighted by molar-refractivity contribution is 0.232. The normalized spacial score (nSPS) is 26.4. The van der Waals surface area contributed by atoms with Gasteiger partial charge in [0, 0.05) is 30.9 Å². The van der Waals surface area contributed by atoms with E-state index in [9.17, 15) is 0 Å². The van der Waals surface area contributed by atoms with Gasteiger partial charge in [-0.15, -0.1) is 0 Å². The van der Waals surface area contributed by atoms with Gasteiger partial charge in [-0.2, -0.15) is 4.98 Å². The summed E-state index contributed by atoms with van der Waals surface area (Å²) in [6.07, 6.45) is 6.95. The average molecular weight is 276 g/mol. The molecule has 0 spiro atoms. The Balaban J connectivity index is 1.76. The van der Waals surface area contributed by atoms with Crippen LogP contribution in [0.2, 0.25) is 0 Å². The fourth-order valence-electron chi connectivity index (χ4n) is 3.28. The highest BCUT2D eigenvalue weighted by Crippen LogP contribution is 2.28. The van der Waals surface area contributed by atoms with Gasteiger partial charge in [-0.1, -0.05) is 0 Å². The maximum Gasteiger partial charge on any atom is 0.228 e. The lowest BCUT2D eigenvalue weighted by Gasteiger charge is -2.29. The summed E-state index contributed by atoms with van der Waals surface area (Å²) < 4.78 is 5.68. The molecule has 1 aromatic rings. The van der Waals surface area contributed by atoms with E-state index in [2.05, 4.69) is 20.2 Å². The molecule has 3 heterocycles. The summed E-state index contributed by atoms with van der Waals surface area (Å²) in [5, 5.41) is 3.62. The van der Waals surface area contributed by atoms with Gasteiger partial charge in [-0.05, 0) is 46.1 Å². The van der Waals surface area contributed by atoms with Crippen LogP contribution in [-0.4, -0.2) is 41.2 Å². The van der Waals surface area contributed by atoms with Crippen LogP contribution in [0.4, 0.5) is 5.95 Å². The Morgan fingerprint density at radius 2 is 2.25 bits per heavy atom. The van der Waals surface area contributed by atoms with Gasteiger partial charge >= 0.3 is 0 Å². The largest absolute Gasteiger partial charge is 0.475 e. The van der Waals surface area contributed by atoms with Crippen LogP contribution >= 0.6 is 0 Å². The zero-order valence-corrected chi connectivity index (χ0v) is 12.4. The molecule has 5 heteroatoms. The predicted octanol–water partition coefficient (Wildman–Crippen LogP) is 1.98. The van der Waals surface area contributed by atoms with Crippen molar-refractivity contribution >= 4 is 5.95 Å². The highest BCUT2D eigenvalue weighted by molar-refractivity contribution is 5.36. The molecule has 20 heavy (non-hydrogen) atoms. The topological polar surface area (TPSA) is 50.3 Å². The standard InChI is InChI=1S/C15H24N4O/c1-11(2)20-14-7-9-17-15(18-14)19-10-4-6-13(19)12-5-3-8-16-12/h7,9,11-13,16H,3-6,8,10H2,1-2H3. The van der Waals surface area contributed by atoms with E-state index in [0.29, 0.717) is 18.0 Å². The molecule has 2 unspecified atom stereocenters. The maximum atomic E-state index is 5.68. The molecular weight excluding hydrogens is 252 g/mol. The summed E-state index contributed by atoms with van der Waals surface area (Å²) in [7, 11) is 0. The minimum atomic E-state index is 0.142. The summed E-state index contributed by atoms with van der Waals surface area (Å²) >= 11 is 0. The fourth-order valence-corrected chi connectivity index (χ4v) is 3.28. The van der Waals surface area contributed by atoms with Crippen molar-refractivity contribution in [3.63, 3.8) is 0 Å². The summed E-state index contributed by atoms with van der Waals surface area (Å²) in [6, 6.07) is 2.96. The molecule has 0 aliphatic carbocycles. The first-order valence-electron chi connectivity index (χ1n) is 7.74. The second-order valence-corrected chi connectivity index (χ2v) is 5.97. The van der Waals surface area contributed by atoms with E-state index in [1.165, 1.54) is 25.7 Å². The van der Waals surface area contributed by atoms with E-state index in [1.807, 2.05) is 19.9 Å². The van der Waals surface area contributed by atoms with E-state index in [-0.39, 0.29) is 6.10 Å². The molecule has 110 valence electrons. The molecule has 0 bridgehead atoms. The van der Waals surface area contributed by atoms with Crippen molar-refractivity contribution in [3.05, 3.63) is 12.3 Å². The molecule has 1 aromatic heterocycles. The van der Waals surface area contributed by atoms with Crippen molar-refractivity contribution in [2.45, 2.75) is 57.7 Å². The summed E-state index contributed by atoms with van der Waals surface area (Å²) in [5.74, 6) is 1.49. The van der Waals surface area contributed by atoms with Crippen LogP contribution in [0.15, 0.2) is 12.3 Å². The maximum absolute atomic E-state index is 5.68. The molecule has 0 saturated carbocycles. The average Bonchev–Trinajstić information content (AvgIpc) is 3.09. The Morgan fingerprint density at radius 3 is 3.00 bits per heavy atom. The highest BCUT2D eigenvalue weighted by atomic mass is 16.5. The van der Waals surface area contributed by atoms with Crippen molar-refractivity contribution in [1.29, 1.82) is 0 Å². The summed E-state index contributed by atoms with van der Waals surface area (Å²) in [5.41, 5.74) is 0. The SMILES string of the molecule is CC(C)Oc1ccnc(N2CCCC2C2CCCN2)n1. The van der Waals surface area contributed by atoms with Crippen LogP contribution in [0.25, 0.3) is 0 Å². The van der Waals surface area contributed by atoms with Gasteiger partial charge in [-0.25, -0.2) is 4.98 Å². The molecule has 5 nitrogen and oxygen atoms in total. The minimum absolute atomic E-state index is 0.142. The molecule has 2 aliphatic heterocycles. The molecule has 0 aromatic carbocycles. The fraction of sp³-hybridized carbons (Fsp3) is 0.733. The van der Waals surface area contributed by atoms with Crippen LogP contribution in [0, 0.1) is 0 Å². The first-order valence-corrected chi connectivity index (χ1v) is 7.74. The van der Waals surface area contributed by atoms with Gasteiger partial charge < -0.3 is 15.0 Å². The van der Waals surface area contributed by atoms with Crippen LogP contribution in [0.3, 0.4) is 0 Å². The molecule has 2 fully saturated rings. The molecule has 1 N–H and O–H groups in total. The Hall–Kier alpha value is -1.36. The lowest BCUT2D eigenvalue weighted by Crippen LogP contribution is -2.44. The van der Waals surface area contributed by atoms with Crippen LogP contribution < -0.4 is 15.0 Å². The highest BCUT2D eigenvalue weighted by Gasteiger charge is 2.34. The quantitative estimate of drug-likeness (QED) is 0.911. The molecule has 2 atom stereocenters. The Bertz CT molecular complexity index is 445. The first kappa shape index (κ1) is 13.6. The smallest absolute Gasteiger partial charge is 0.228 e. The number of hydrogen-bond donors (Lipinski definition) is 1. The van der Waals surface area contributed by atoms with Crippen molar-refractivity contribution < 1.29 is 4.74 Å². The second-order valence-electron chi connectivity index (χ2n) is 5.97. The molecule has 3 rings (SSSR count). The number of nitrogens with one attached hydrogen (secondary N) is 1. The number of hydrogen-bond acceptors (Lipinski definition) is 5. The third-order valence-electron chi connectivity index (χ3n) is 4.09. The van der Waals surface area contributed by atoms with Crippen molar-refractivity contribution in [2.75, 3.05) is 18.0 Å². The van der Waals surface area contributed by atoms with E-state index >= 15 is 0 Å². The Morgan fingerprint density at radius 1 is 1.35 bits per heavy atom. The second kappa shape index (κ2) is 5.95. The number of rotatable bonds is 4. The van der Waals surface area contributed by atoms with Gasteiger partial charge in [0.15, 0.2) is 0 Å². The van der Waals surface area contributed by atoms with Gasteiger partial charge in [0.2, 0.25) is 11.8 Å². The van der Waals surface area contributed by atoms with E-state index < -0.39 is 0 Å². The third-order valence-corrected chi connectivity index (χ3v) is 4.09. The van der Waals surface area contributed by atoms with Crippen molar-refractivity contribution in [2.24, 2.45) is 0 Å². The van der Waals surface area contributed by atoms with E-state index in [4.69, 9.17) is 4.74 Å². The van der Waals surface area contributed by atoms with E-state index in [1.54, 1.807) is 6.20 Å². The summed E-state index contributed by atoms with van der Waals surface area (Å²) in [4.78, 5) is 11.4. The number of aromatic nitrogens is 2. The van der Waals surface area contributed by atoms with Crippen LogP contribution in [-0.2, 0) is 0 Å². The molecule has 0 radical (unpaired) electrons. The molecule has 2 aliphatic rings.